The van der Waals surface area contributed by atoms with Crippen LogP contribution in [0.5, 0.6) is 0 Å². The Labute approximate surface area is 404 Å². The third kappa shape index (κ3) is 6.46. The fourth-order valence-electron chi connectivity index (χ4n) is 10.7. The first-order valence-corrected chi connectivity index (χ1v) is 23.8. The second kappa shape index (κ2) is 16.2. The molecule has 0 radical (unpaired) electrons. The molecule has 11 aromatic carbocycles. The van der Waals surface area contributed by atoms with Gasteiger partial charge in [-0.1, -0.05) is 176 Å². The Hall–Kier alpha value is -9.38. The Bertz CT molecular complexity index is 4280. The first-order chi connectivity index (χ1) is 34.7. The second-order valence-corrected chi connectivity index (χ2v) is 18.0. The topological polar surface area (TPSA) is 34.5 Å². The summed E-state index contributed by atoms with van der Waals surface area (Å²) in [6, 6.07) is 91.1. The summed E-state index contributed by atoms with van der Waals surface area (Å²) in [7, 11) is 0. The lowest BCUT2D eigenvalue weighted by atomic mass is 9.92. The molecule has 0 aliphatic carbocycles. The minimum Gasteiger partial charge on any atom is -0.455 e. The van der Waals surface area contributed by atoms with E-state index in [0.29, 0.717) is 0 Å². The van der Waals surface area contributed by atoms with E-state index in [9.17, 15) is 0 Å². The third-order valence-electron chi connectivity index (χ3n) is 14.0. The number of para-hydroxylation sites is 6. The van der Waals surface area contributed by atoms with Gasteiger partial charge in [-0.05, 0) is 112 Å². The lowest BCUT2D eigenvalue weighted by molar-refractivity contribution is 0.669. The van der Waals surface area contributed by atoms with Crippen molar-refractivity contribution in [2.45, 2.75) is 0 Å². The molecule has 328 valence electrons. The van der Waals surface area contributed by atoms with E-state index in [1.807, 2.05) is 18.2 Å². The summed E-state index contributed by atoms with van der Waals surface area (Å²) in [6.07, 6.45) is 0. The summed E-state index contributed by atoms with van der Waals surface area (Å²) in [6.45, 7) is 0. The van der Waals surface area contributed by atoms with Crippen LogP contribution in [0.4, 0.5) is 17.1 Å². The van der Waals surface area contributed by atoms with E-state index in [2.05, 4.69) is 246 Å². The van der Waals surface area contributed by atoms with E-state index in [4.69, 9.17) is 8.83 Å². The quantitative estimate of drug-likeness (QED) is 0.152. The number of anilines is 3. The molecule has 0 amide bonds. The smallest absolute Gasteiger partial charge is 0.143 e. The molecule has 0 fully saturated rings. The van der Waals surface area contributed by atoms with Gasteiger partial charge in [-0.25, -0.2) is 0 Å². The van der Waals surface area contributed by atoms with Crippen molar-refractivity contribution in [3.8, 4) is 50.2 Å². The van der Waals surface area contributed by atoms with Crippen LogP contribution in [-0.4, -0.2) is 4.57 Å². The molecule has 70 heavy (non-hydrogen) atoms. The molecular formula is C66H42N2O2. The van der Waals surface area contributed by atoms with E-state index in [0.717, 1.165) is 106 Å². The van der Waals surface area contributed by atoms with Gasteiger partial charge in [-0.2, -0.15) is 0 Å². The molecule has 0 N–H and O–H groups in total. The summed E-state index contributed by atoms with van der Waals surface area (Å²) < 4.78 is 15.5. The summed E-state index contributed by atoms with van der Waals surface area (Å²) in [5, 5.41) is 6.93. The van der Waals surface area contributed by atoms with E-state index in [1.165, 1.54) is 27.4 Å². The van der Waals surface area contributed by atoms with Gasteiger partial charge in [0.05, 0.1) is 11.0 Å². The molecule has 0 saturated heterocycles. The van der Waals surface area contributed by atoms with Crippen LogP contribution >= 0.6 is 0 Å². The predicted molar refractivity (Wildman–Crippen MR) is 292 cm³/mol. The average Bonchev–Trinajstić information content (AvgIpc) is 4.12. The van der Waals surface area contributed by atoms with Crippen LogP contribution in [-0.2, 0) is 0 Å². The van der Waals surface area contributed by atoms with Crippen molar-refractivity contribution in [2.75, 3.05) is 4.90 Å². The SMILES string of the molecule is c1ccc(-c2cc(N(c3ccc(-c4ccc5c(c4)c4ccccc4n5-c4ccccc4)cc3)c3ccc(-c4cccc5c4oc4ccccc45)cc3)ccc2-c2cccc3c2oc2ccccc23)cc1. The molecule has 0 aliphatic rings. The number of nitrogens with zero attached hydrogens (tertiary/aromatic N) is 2. The van der Waals surface area contributed by atoms with Crippen LogP contribution in [0.25, 0.3) is 116 Å². The van der Waals surface area contributed by atoms with Gasteiger partial charge in [-0.3, -0.25) is 0 Å². The van der Waals surface area contributed by atoms with Crippen molar-refractivity contribution in [1.29, 1.82) is 0 Å². The fourth-order valence-corrected chi connectivity index (χ4v) is 10.7. The summed E-state index contributed by atoms with van der Waals surface area (Å²) >= 11 is 0. The minimum absolute atomic E-state index is 0.885. The number of hydrogen-bond acceptors (Lipinski definition) is 3. The van der Waals surface area contributed by atoms with Crippen LogP contribution in [0.1, 0.15) is 0 Å². The van der Waals surface area contributed by atoms with Crippen molar-refractivity contribution in [3.05, 3.63) is 255 Å². The highest BCUT2D eigenvalue weighted by Gasteiger charge is 2.21. The van der Waals surface area contributed by atoms with Crippen molar-refractivity contribution >= 4 is 82.7 Å². The molecule has 3 heterocycles. The van der Waals surface area contributed by atoms with Crippen LogP contribution in [0, 0.1) is 0 Å². The zero-order valence-electron chi connectivity index (χ0n) is 38.0. The van der Waals surface area contributed by atoms with Gasteiger partial charge in [0, 0.05) is 66.2 Å². The molecule has 3 aromatic heterocycles. The second-order valence-electron chi connectivity index (χ2n) is 18.0. The van der Waals surface area contributed by atoms with Crippen molar-refractivity contribution < 1.29 is 8.83 Å². The standard InChI is InChI=1S/C66H42N2O2/c1-3-15-44(16-4-1)59-42-50(38-39-52(59)56-23-14-25-58-55-21-9-12-28-64(55)70-66(56)58)67(49-36-31-45(32-37-49)51-22-13-24-57-54-20-8-11-27-63(54)69-65(51)57)48-34-29-43(30-35-48)46-33-40-62-60(41-46)53-19-7-10-26-61(53)68(62)47-17-5-2-6-18-47/h1-42H. The van der Waals surface area contributed by atoms with Crippen molar-refractivity contribution in [1.82, 2.24) is 4.57 Å². The normalized spacial score (nSPS) is 11.7. The van der Waals surface area contributed by atoms with Gasteiger partial charge in [0.25, 0.3) is 0 Å². The first kappa shape index (κ1) is 39.8. The molecule has 4 heteroatoms. The third-order valence-corrected chi connectivity index (χ3v) is 14.0. The molecule has 0 spiro atoms. The van der Waals surface area contributed by atoms with Gasteiger partial charge in [0.2, 0.25) is 0 Å². The molecule has 4 nitrogen and oxygen atoms in total. The Balaban J connectivity index is 0.914. The van der Waals surface area contributed by atoms with Crippen LogP contribution in [0.15, 0.2) is 264 Å². The zero-order valence-corrected chi connectivity index (χ0v) is 38.0. The highest BCUT2D eigenvalue weighted by atomic mass is 16.3. The molecule has 14 aromatic rings. The number of benzene rings is 11. The number of rotatable bonds is 8. The van der Waals surface area contributed by atoms with Crippen molar-refractivity contribution in [3.63, 3.8) is 0 Å². The summed E-state index contributed by atoms with van der Waals surface area (Å²) in [5.41, 5.74) is 19.1. The predicted octanol–water partition coefficient (Wildman–Crippen LogP) is 18.7. The van der Waals surface area contributed by atoms with Gasteiger partial charge in [0.1, 0.15) is 22.3 Å². The van der Waals surface area contributed by atoms with E-state index in [-0.39, 0.29) is 0 Å². The molecule has 0 aliphatic heterocycles. The molecule has 0 unspecified atom stereocenters. The summed E-state index contributed by atoms with van der Waals surface area (Å²) in [5.74, 6) is 0. The lowest BCUT2D eigenvalue weighted by Gasteiger charge is -2.27. The van der Waals surface area contributed by atoms with Gasteiger partial charge >= 0.3 is 0 Å². The Morgan fingerprint density at radius 1 is 0.271 bits per heavy atom. The minimum atomic E-state index is 0.885. The Morgan fingerprint density at radius 2 is 0.771 bits per heavy atom. The highest BCUT2D eigenvalue weighted by Crippen LogP contribution is 2.45. The highest BCUT2D eigenvalue weighted by molar-refractivity contribution is 6.13. The molecular weight excluding hydrogens is 853 g/mol. The summed E-state index contributed by atoms with van der Waals surface area (Å²) in [4.78, 5) is 2.37. The first-order valence-electron chi connectivity index (χ1n) is 23.8. The zero-order chi connectivity index (χ0) is 46.1. The number of aromatic nitrogens is 1. The van der Waals surface area contributed by atoms with E-state index >= 15 is 0 Å². The lowest BCUT2D eigenvalue weighted by Crippen LogP contribution is -2.10. The maximum atomic E-state index is 6.63. The van der Waals surface area contributed by atoms with Crippen LogP contribution in [0.2, 0.25) is 0 Å². The number of hydrogen-bond donors (Lipinski definition) is 0. The monoisotopic (exact) mass is 894 g/mol. The largest absolute Gasteiger partial charge is 0.455 e. The fraction of sp³-hybridized carbons (Fsp3) is 0. The average molecular weight is 895 g/mol. The van der Waals surface area contributed by atoms with Gasteiger partial charge in [-0.15, -0.1) is 0 Å². The van der Waals surface area contributed by atoms with E-state index < -0.39 is 0 Å². The Kier molecular flexibility index (Phi) is 9.17. The van der Waals surface area contributed by atoms with Crippen LogP contribution in [0.3, 0.4) is 0 Å². The maximum absolute atomic E-state index is 6.63. The molecule has 0 atom stereocenters. The van der Waals surface area contributed by atoms with Crippen molar-refractivity contribution in [2.24, 2.45) is 0 Å². The maximum Gasteiger partial charge on any atom is 0.143 e. The molecule has 14 rings (SSSR count). The number of furan rings is 2. The van der Waals surface area contributed by atoms with E-state index in [1.54, 1.807) is 0 Å². The Morgan fingerprint density at radius 3 is 1.46 bits per heavy atom. The molecule has 0 saturated carbocycles. The van der Waals surface area contributed by atoms with Gasteiger partial charge < -0.3 is 18.3 Å². The molecule has 0 bridgehead atoms. The van der Waals surface area contributed by atoms with Crippen LogP contribution < -0.4 is 4.90 Å². The van der Waals surface area contributed by atoms with Gasteiger partial charge in [0.15, 0.2) is 0 Å². The number of fused-ring (bicyclic) bond motifs is 9.